The van der Waals surface area contributed by atoms with E-state index in [1.807, 2.05) is 0 Å². The highest BCUT2D eigenvalue weighted by atomic mass is 16.5. The summed E-state index contributed by atoms with van der Waals surface area (Å²) in [6.07, 6.45) is 2.17. The number of ether oxygens (including phenoxy) is 1. The molecule has 0 fully saturated rings. The van der Waals surface area contributed by atoms with Gasteiger partial charge in [0, 0.05) is 6.61 Å². The molecule has 0 heterocycles. The van der Waals surface area contributed by atoms with Crippen molar-refractivity contribution >= 4 is 0 Å². The summed E-state index contributed by atoms with van der Waals surface area (Å²) < 4.78 is 5.87. The van der Waals surface area contributed by atoms with E-state index in [0.717, 1.165) is 25.0 Å². The van der Waals surface area contributed by atoms with Crippen LogP contribution in [0.25, 0.3) is 0 Å². The molecule has 0 bridgehead atoms. The third-order valence-corrected chi connectivity index (χ3v) is 3.51. The first kappa shape index (κ1) is 16.2. The number of nitrogens with two attached hydrogens (primary N) is 1. The normalized spacial score (nSPS) is 15.3. The minimum Gasteiger partial charge on any atom is -0.377 e. The molecule has 0 aromatic heterocycles. The lowest BCUT2D eigenvalue weighted by atomic mass is 9.93. The van der Waals surface area contributed by atoms with Gasteiger partial charge in [-0.25, -0.2) is 0 Å². The van der Waals surface area contributed by atoms with Crippen molar-refractivity contribution in [3.8, 4) is 0 Å². The fraction of sp³-hybridized carbons (Fsp3) is 0.647. The van der Waals surface area contributed by atoms with Crippen molar-refractivity contribution in [1.29, 1.82) is 0 Å². The molecule has 0 radical (unpaired) electrons. The van der Waals surface area contributed by atoms with Gasteiger partial charge in [0.2, 0.25) is 0 Å². The summed E-state index contributed by atoms with van der Waals surface area (Å²) in [6, 6.07) is 8.49. The first-order valence-electron chi connectivity index (χ1n) is 7.29. The molecule has 0 amide bonds. The van der Waals surface area contributed by atoms with Gasteiger partial charge >= 0.3 is 0 Å². The lowest BCUT2D eigenvalue weighted by Crippen LogP contribution is -2.27. The highest BCUT2D eigenvalue weighted by Crippen LogP contribution is 2.21. The third kappa shape index (κ3) is 5.75. The Kier molecular flexibility index (Phi) is 6.02. The molecule has 1 rings (SSSR count). The summed E-state index contributed by atoms with van der Waals surface area (Å²) in [5.41, 5.74) is 9.06. The van der Waals surface area contributed by atoms with Crippen molar-refractivity contribution in [2.45, 2.75) is 59.6 Å². The Hall–Kier alpha value is -0.860. The van der Waals surface area contributed by atoms with Gasteiger partial charge in [0.05, 0.1) is 12.1 Å². The Morgan fingerprint density at radius 3 is 2.21 bits per heavy atom. The van der Waals surface area contributed by atoms with E-state index in [0.29, 0.717) is 5.41 Å². The summed E-state index contributed by atoms with van der Waals surface area (Å²) in [5.74, 6) is 0. The predicted molar refractivity (Wildman–Crippen MR) is 82.2 cm³/mol. The Morgan fingerprint density at radius 2 is 1.74 bits per heavy atom. The van der Waals surface area contributed by atoms with Gasteiger partial charge in [-0.1, -0.05) is 52.0 Å². The number of hydrogen-bond acceptors (Lipinski definition) is 2. The molecule has 0 aliphatic carbocycles. The fourth-order valence-electron chi connectivity index (χ4n) is 1.90. The summed E-state index contributed by atoms with van der Waals surface area (Å²) in [5, 5.41) is 0. The van der Waals surface area contributed by atoms with E-state index in [2.05, 4.69) is 58.9 Å². The maximum atomic E-state index is 6.25. The SMILES string of the molecule is CCc1ccc(C(N)C(C)OCCC(C)(C)C)cc1. The molecule has 0 saturated heterocycles. The smallest absolute Gasteiger partial charge is 0.0739 e. The monoisotopic (exact) mass is 263 g/mol. The van der Waals surface area contributed by atoms with Crippen LogP contribution in [0.1, 0.15) is 58.2 Å². The van der Waals surface area contributed by atoms with E-state index in [4.69, 9.17) is 10.5 Å². The lowest BCUT2D eigenvalue weighted by molar-refractivity contribution is 0.0333. The van der Waals surface area contributed by atoms with Crippen molar-refractivity contribution in [2.75, 3.05) is 6.61 Å². The summed E-state index contributed by atoms with van der Waals surface area (Å²) in [4.78, 5) is 0. The van der Waals surface area contributed by atoms with Gasteiger partial charge in [0.25, 0.3) is 0 Å². The largest absolute Gasteiger partial charge is 0.377 e. The number of hydrogen-bond donors (Lipinski definition) is 1. The highest BCUT2D eigenvalue weighted by Gasteiger charge is 2.17. The molecule has 0 spiro atoms. The first-order valence-corrected chi connectivity index (χ1v) is 7.29. The van der Waals surface area contributed by atoms with Crippen molar-refractivity contribution in [3.05, 3.63) is 35.4 Å². The van der Waals surface area contributed by atoms with Crippen molar-refractivity contribution in [3.63, 3.8) is 0 Å². The van der Waals surface area contributed by atoms with Crippen LogP contribution in [0.15, 0.2) is 24.3 Å². The maximum absolute atomic E-state index is 6.25. The van der Waals surface area contributed by atoms with Crippen LogP contribution in [0.2, 0.25) is 0 Å². The van der Waals surface area contributed by atoms with E-state index in [1.54, 1.807) is 0 Å². The molecule has 19 heavy (non-hydrogen) atoms. The molecule has 1 aromatic rings. The zero-order valence-electron chi connectivity index (χ0n) is 13.1. The van der Waals surface area contributed by atoms with Gasteiger partial charge in [-0.15, -0.1) is 0 Å². The van der Waals surface area contributed by atoms with Crippen LogP contribution in [0.5, 0.6) is 0 Å². The van der Waals surface area contributed by atoms with E-state index in [-0.39, 0.29) is 12.1 Å². The molecule has 2 heteroatoms. The van der Waals surface area contributed by atoms with Crippen molar-refractivity contribution in [2.24, 2.45) is 11.1 Å². The van der Waals surface area contributed by atoms with Gasteiger partial charge in [-0.2, -0.15) is 0 Å². The molecule has 2 N–H and O–H groups in total. The van der Waals surface area contributed by atoms with E-state index in [1.165, 1.54) is 5.56 Å². The number of aryl methyl sites for hydroxylation is 1. The van der Waals surface area contributed by atoms with Crippen LogP contribution in [0.4, 0.5) is 0 Å². The maximum Gasteiger partial charge on any atom is 0.0739 e. The molecule has 0 aliphatic heterocycles. The van der Waals surface area contributed by atoms with Crippen LogP contribution < -0.4 is 5.73 Å². The zero-order chi connectivity index (χ0) is 14.5. The number of benzene rings is 1. The van der Waals surface area contributed by atoms with Crippen molar-refractivity contribution in [1.82, 2.24) is 0 Å². The minimum atomic E-state index is -0.0501. The summed E-state index contributed by atoms with van der Waals surface area (Å²) in [7, 11) is 0. The first-order chi connectivity index (χ1) is 8.83. The van der Waals surface area contributed by atoms with Crippen LogP contribution in [0.3, 0.4) is 0 Å². The van der Waals surface area contributed by atoms with E-state index >= 15 is 0 Å². The van der Waals surface area contributed by atoms with Crippen LogP contribution >= 0.6 is 0 Å². The quantitative estimate of drug-likeness (QED) is 0.839. The number of rotatable bonds is 6. The van der Waals surface area contributed by atoms with Crippen molar-refractivity contribution < 1.29 is 4.74 Å². The van der Waals surface area contributed by atoms with Crippen LogP contribution in [-0.4, -0.2) is 12.7 Å². The fourth-order valence-corrected chi connectivity index (χ4v) is 1.90. The second kappa shape index (κ2) is 7.06. The molecular formula is C17H29NO. The average molecular weight is 263 g/mol. The topological polar surface area (TPSA) is 35.2 Å². The van der Waals surface area contributed by atoms with Gasteiger partial charge in [-0.05, 0) is 36.3 Å². The predicted octanol–water partition coefficient (Wildman–Crippen LogP) is 4.09. The molecule has 2 unspecified atom stereocenters. The molecule has 1 aromatic carbocycles. The Morgan fingerprint density at radius 1 is 1.16 bits per heavy atom. The van der Waals surface area contributed by atoms with Gasteiger partial charge in [-0.3, -0.25) is 0 Å². The second-order valence-electron chi connectivity index (χ2n) is 6.51. The molecule has 2 nitrogen and oxygen atoms in total. The molecular weight excluding hydrogens is 234 g/mol. The Balaban J connectivity index is 2.49. The second-order valence-corrected chi connectivity index (χ2v) is 6.51. The zero-order valence-corrected chi connectivity index (χ0v) is 13.1. The van der Waals surface area contributed by atoms with Crippen LogP contribution in [0, 0.1) is 5.41 Å². The molecule has 2 atom stereocenters. The van der Waals surface area contributed by atoms with Gasteiger partial charge in [0.15, 0.2) is 0 Å². The van der Waals surface area contributed by atoms with Gasteiger partial charge in [0.1, 0.15) is 0 Å². The standard InChI is InChI=1S/C17H29NO/c1-6-14-7-9-15(10-8-14)16(18)13(2)19-12-11-17(3,4)5/h7-10,13,16H,6,11-12,18H2,1-5H3. The molecule has 0 saturated carbocycles. The summed E-state index contributed by atoms with van der Waals surface area (Å²) >= 11 is 0. The molecule has 108 valence electrons. The van der Waals surface area contributed by atoms with Crippen LogP contribution in [-0.2, 0) is 11.2 Å². The Labute approximate surface area is 118 Å². The van der Waals surface area contributed by atoms with Gasteiger partial charge < -0.3 is 10.5 Å². The summed E-state index contributed by atoms with van der Waals surface area (Å²) in [6.45, 7) is 11.7. The minimum absolute atomic E-state index is 0.0501. The average Bonchev–Trinajstić information content (AvgIpc) is 2.36. The lowest BCUT2D eigenvalue weighted by Gasteiger charge is -2.24. The Bertz CT molecular complexity index is 364. The van der Waals surface area contributed by atoms with E-state index in [9.17, 15) is 0 Å². The highest BCUT2D eigenvalue weighted by molar-refractivity contribution is 5.25. The third-order valence-electron chi connectivity index (χ3n) is 3.51. The molecule has 0 aliphatic rings. The van der Waals surface area contributed by atoms with E-state index < -0.39 is 0 Å².